The van der Waals surface area contributed by atoms with Crippen molar-refractivity contribution in [2.24, 2.45) is 0 Å². The number of halogens is 1. The molecule has 1 aromatic rings. The molecule has 0 saturated carbocycles. The van der Waals surface area contributed by atoms with Crippen molar-refractivity contribution in [1.29, 1.82) is 0 Å². The first-order valence-electron chi connectivity index (χ1n) is 10.8. The fraction of sp³-hybridized carbons (Fsp3) is 0.591. The molecule has 0 aromatic heterocycles. The van der Waals surface area contributed by atoms with Crippen molar-refractivity contribution < 1.29 is 10.2 Å². The maximum atomic E-state index is 10.7. The summed E-state index contributed by atoms with van der Waals surface area (Å²) in [4.78, 5) is 0. The monoisotopic (exact) mass is 485 g/mol. The lowest BCUT2D eigenvalue weighted by atomic mass is 9.93. The average Bonchev–Trinajstić information content (AvgIpc) is 2.72. The Morgan fingerprint density at radius 2 is 1.31 bits per heavy atom. The van der Waals surface area contributed by atoms with E-state index in [0.717, 1.165) is 60.2 Å². The van der Waals surface area contributed by atoms with Crippen molar-refractivity contribution in [2.75, 3.05) is 39.3 Å². The Labute approximate surface area is 185 Å². The van der Waals surface area contributed by atoms with E-state index in [4.69, 9.17) is 0 Å². The highest BCUT2D eigenvalue weighted by Gasteiger charge is 2.40. The predicted molar refractivity (Wildman–Crippen MR) is 130 cm³/mol. The number of fused-ring (bicyclic) bond motifs is 1. The lowest BCUT2D eigenvalue weighted by Gasteiger charge is -2.52. The molecule has 1 aliphatic rings. The van der Waals surface area contributed by atoms with E-state index in [1.807, 2.05) is 18.2 Å². The Morgan fingerprint density at radius 1 is 0.862 bits per heavy atom. The van der Waals surface area contributed by atoms with Gasteiger partial charge in [-0.15, -0.1) is 0 Å². The van der Waals surface area contributed by atoms with Gasteiger partial charge in [-0.1, -0.05) is 63.5 Å². The van der Waals surface area contributed by atoms with E-state index in [0.29, 0.717) is 0 Å². The number of hydrogen-bond acceptors (Lipinski definition) is 5. The van der Waals surface area contributed by atoms with E-state index in [1.165, 1.54) is 0 Å². The fourth-order valence-electron chi connectivity index (χ4n) is 4.54. The van der Waals surface area contributed by atoms with Crippen LogP contribution >= 0.6 is 23.3 Å². The third kappa shape index (κ3) is 4.26. The summed E-state index contributed by atoms with van der Waals surface area (Å²) in [6, 6.07) is 5.96. The van der Waals surface area contributed by atoms with E-state index < -0.39 is 13.4 Å². The third-order valence-corrected chi connectivity index (χ3v) is 11.4. The normalized spacial score (nSPS) is 17.3. The number of nitrogens with zero attached hydrogens (tertiary/aromatic N) is 3. The Kier molecular flexibility index (Phi) is 9.02. The van der Waals surface area contributed by atoms with Crippen LogP contribution in [0.1, 0.15) is 58.8 Å². The summed E-state index contributed by atoms with van der Waals surface area (Å²) >= 11 is 3.63. The van der Waals surface area contributed by atoms with Gasteiger partial charge < -0.3 is 10.2 Å². The molecule has 2 rings (SSSR count). The summed E-state index contributed by atoms with van der Waals surface area (Å²) in [6.45, 7) is 18.8. The molecule has 0 heterocycles. The van der Waals surface area contributed by atoms with Crippen LogP contribution in [-0.4, -0.2) is 68.8 Å². The molecule has 0 fully saturated rings. The Bertz CT molecular complexity index is 746. The van der Waals surface area contributed by atoms with Crippen molar-refractivity contribution in [2.45, 2.75) is 47.6 Å². The van der Waals surface area contributed by atoms with Crippen molar-refractivity contribution in [3.8, 4) is 0 Å². The van der Waals surface area contributed by atoms with Crippen LogP contribution < -0.4 is 0 Å². The molecular weight excluding hydrogens is 449 g/mol. The van der Waals surface area contributed by atoms with Gasteiger partial charge in [0.15, 0.2) is 0 Å². The molecule has 0 radical (unpaired) electrons. The quantitative estimate of drug-likeness (QED) is 0.468. The molecule has 0 amide bonds. The summed E-state index contributed by atoms with van der Waals surface area (Å²) in [5, 5.41) is 22.6. The molecular formula is C22H37BrN3O2P. The maximum absolute atomic E-state index is 10.7. The summed E-state index contributed by atoms with van der Waals surface area (Å²) < 4.78 is 8.71. The molecule has 164 valence electrons. The Morgan fingerprint density at radius 3 is 1.72 bits per heavy atom. The van der Waals surface area contributed by atoms with Gasteiger partial charge >= 0.3 is 0 Å². The average molecular weight is 486 g/mol. The minimum atomic E-state index is -2.17. The van der Waals surface area contributed by atoms with Crippen molar-refractivity contribution >= 4 is 28.6 Å². The van der Waals surface area contributed by atoms with Crippen molar-refractivity contribution in [1.82, 2.24) is 14.0 Å². The second kappa shape index (κ2) is 10.6. The van der Waals surface area contributed by atoms with Crippen LogP contribution in [0, 0.1) is 0 Å². The van der Waals surface area contributed by atoms with E-state index in [-0.39, 0.29) is 5.76 Å². The van der Waals surface area contributed by atoms with Gasteiger partial charge in [0.2, 0.25) is 0 Å². The van der Waals surface area contributed by atoms with Crippen LogP contribution in [-0.2, 0) is 0 Å². The highest BCUT2D eigenvalue weighted by molar-refractivity contribution is 9.10. The zero-order valence-corrected chi connectivity index (χ0v) is 21.2. The molecule has 1 unspecified atom stereocenters. The Hall–Kier alpha value is -0.620. The van der Waals surface area contributed by atoms with Gasteiger partial charge in [0.1, 0.15) is 11.9 Å². The second-order valence-corrected chi connectivity index (χ2v) is 11.3. The largest absolute Gasteiger partial charge is 0.509 e. The van der Waals surface area contributed by atoms with Crippen LogP contribution in [0.3, 0.4) is 0 Å². The van der Waals surface area contributed by atoms with E-state index in [1.54, 1.807) is 0 Å². The number of aliphatic hydroxyl groups excluding tert-OH is 2. The van der Waals surface area contributed by atoms with Gasteiger partial charge in [0, 0.05) is 49.0 Å². The van der Waals surface area contributed by atoms with Crippen LogP contribution in [0.4, 0.5) is 0 Å². The lowest BCUT2D eigenvalue weighted by molar-refractivity contribution is 0.154. The molecule has 7 heteroatoms. The molecule has 2 N–H and O–H groups in total. The van der Waals surface area contributed by atoms with Crippen LogP contribution in [0.5, 0.6) is 0 Å². The predicted octanol–water partition coefficient (Wildman–Crippen LogP) is 5.25. The molecule has 0 aliphatic heterocycles. The minimum absolute atomic E-state index is 0.0330. The number of benzene rings is 1. The van der Waals surface area contributed by atoms with E-state index in [9.17, 15) is 10.2 Å². The zero-order chi connectivity index (χ0) is 21.8. The lowest BCUT2D eigenvalue weighted by Crippen LogP contribution is -2.44. The SMILES string of the molecule is CCN(CC)P(=C1C=C(O)C(O)c2ccc(Br)cc21)(N(CC)CC)N(CC)CC. The zero-order valence-electron chi connectivity index (χ0n) is 18.7. The standard InChI is InChI=1S/C22H37BrN3O2P/c1-7-24(8-2)29(25(9-3)10-4,26(11-5)12-6)21-16-20(27)22(28)18-14-13-17(23)15-19(18)21/h13-16,22,27-28H,7-12H2,1-6H3. The van der Waals surface area contributed by atoms with Gasteiger partial charge in [-0.2, -0.15) is 0 Å². The molecule has 0 saturated heterocycles. The van der Waals surface area contributed by atoms with Gasteiger partial charge in [-0.25, -0.2) is 0 Å². The smallest absolute Gasteiger partial charge is 0.136 e. The van der Waals surface area contributed by atoms with Crippen molar-refractivity contribution in [3.63, 3.8) is 0 Å². The topological polar surface area (TPSA) is 50.2 Å². The molecule has 0 bridgehead atoms. The van der Waals surface area contributed by atoms with E-state index >= 15 is 0 Å². The number of allylic oxidation sites excluding steroid dienone is 1. The van der Waals surface area contributed by atoms with Gasteiger partial charge in [-0.05, 0) is 29.3 Å². The second-order valence-electron chi connectivity index (χ2n) is 7.07. The molecule has 1 aromatic carbocycles. The summed E-state index contributed by atoms with van der Waals surface area (Å²) in [6.07, 6.45) is 0.871. The number of aliphatic hydroxyl groups is 2. The first-order chi connectivity index (χ1) is 13.9. The highest BCUT2D eigenvalue weighted by atomic mass is 79.9. The third-order valence-electron chi connectivity index (χ3n) is 5.85. The molecule has 0 spiro atoms. The maximum Gasteiger partial charge on any atom is 0.136 e. The van der Waals surface area contributed by atoms with Crippen LogP contribution in [0.15, 0.2) is 34.5 Å². The van der Waals surface area contributed by atoms with Gasteiger partial charge in [0.05, 0.1) is 7.34 Å². The summed E-state index contributed by atoms with van der Waals surface area (Å²) in [7, 11) is -2.17. The molecule has 1 aliphatic carbocycles. The first-order valence-corrected chi connectivity index (χ1v) is 13.2. The number of rotatable bonds is 9. The fourth-order valence-corrected chi connectivity index (χ4v) is 10.1. The summed E-state index contributed by atoms with van der Waals surface area (Å²) in [5.41, 5.74) is 1.81. The number of hydrogen-bond donors (Lipinski definition) is 2. The van der Waals surface area contributed by atoms with Crippen molar-refractivity contribution in [3.05, 3.63) is 45.6 Å². The Balaban J connectivity index is 3.13. The van der Waals surface area contributed by atoms with Crippen LogP contribution in [0.2, 0.25) is 0 Å². The first kappa shape index (κ1) is 24.6. The van der Waals surface area contributed by atoms with E-state index in [2.05, 4.69) is 77.5 Å². The summed E-state index contributed by atoms with van der Waals surface area (Å²) in [5.74, 6) is 0.0330. The molecule has 5 nitrogen and oxygen atoms in total. The molecule has 29 heavy (non-hydrogen) atoms. The van der Waals surface area contributed by atoms with Gasteiger partial charge in [-0.3, -0.25) is 14.0 Å². The van der Waals surface area contributed by atoms with Gasteiger partial charge in [0.25, 0.3) is 0 Å². The van der Waals surface area contributed by atoms with Crippen LogP contribution in [0.25, 0.3) is 0 Å². The highest BCUT2D eigenvalue weighted by Crippen LogP contribution is 2.61. The molecule has 1 atom stereocenters. The minimum Gasteiger partial charge on any atom is -0.509 e.